The average molecular weight is 356 g/mol. The lowest BCUT2D eigenvalue weighted by Crippen LogP contribution is -2.21. The van der Waals surface area contributed by atoms with E-state index in [9.17, 15) is 5.11 Å². The predicted octanol–water partition coefficient (Wildman–Crippen LogP) is 1.52. The Morgan fingerprint density at radius 2 is 2.20 bits per heavy atom. The summed E-state index contributed by atoms with van der Waals surface area (Å²) in [4.78, 5) is 18.1. The monoisotopic (exact) mass is 356 g/mol. The largest absolute Gasteiger partial charge is 0.391 e. The van der Waals surface area contributed by atoms with E-state index in [1.807, 2.05) is 24.4 Å². The van der Waals surface area contributed by atoms with Crippen molar-refractivity contribution >= 4 is 28.6 Å². The Morgan fingerprint density at radius 3 is 3.04 bits per heavy atom. The Hall–Kier alpha value is -2.16. The second-order valence-electron chi connectivity index (χ2n) is 6.30. The van der Waals surface area contributed by atoms with Gasteiger partial charge in [0.2, 0.25) is 0 Å². The maximum Gasteiger partial charge on any atom is 0.151 e. The minimum Gasteiger partial charge on any atom is -0.391 e. The zero-order valence-electron chi connectivity index (χ0n) is 13.7. The number of fused-ring (bicyclic) bond motifs is 1. The van der Waals surface area contributed by atoms with E-state index < -0.39 is 0 Å². The lowest BCUT2D eigenvalue weighted by atomic mass is 10.1. The molecule has 0 aliphatic carbocycles. The van der Waals surface area contributed by atoms with E-state index in [1.165, 1.54) is 6.33 Å². The molecule has 25 heavy (non-hydrogen) atoms. The highest BCUT2D eigenvalue weighted by atomic mass is 32.2. The highest BCUT2D eigenvalue weighted by molar-refractivity contribution is 7.99. The SMILES string of the molecule is Nc1ncnc2c(CN3C[C@@H](CSc4ccccn4)[C@@H](O)C3)c[nH]c12. The number of nitrogens with one attached hydrogen (secondary N) is 1. The Balaban J connectivity index is 1.40. The van der Waals surface area contributed by atoms with E-state index in [0.717, 1.165) is 40.5 Å². The van der Waals surface area contributed by atoms with Gasteiger partial charge in [-0.05, 0) is 12.1 Å². The van der Waals surface area contributed by atoms with Crippen molar-refractivity contribution in [2.45, 2.75) is 17.7 Å². The molecule has 1 aliphatic rings. The number of aromatic amines is 1. The number of aliphatic hydroxyl groups is 1. The molecule has 2 atom stereocenters. The van der Waals surface area contributed by atoms with Crippen LogP contribution < -0.4 is 5.73 Å². The maximum atomic E-state index is 10.4. The van der Waals surface area contributed by atoms with Crippen LogP contribution in [-0.2, 0) is 6.54 Å². The first-order valence-corrected chi connectivity index (χ1v) is 9.20. The Labute approximate surface area is 149 Å². The summed E-state index contributed by atoms with van der Waals surface area (Å²) in [5.74, 6) is 1.55. The fraction of sp³-hybridized carbons (Fsp3) is 0.353. The highest BCUT2D eigenvalue weighted by Gasteiger charge is 2.31. The normalized spacial score (nSPS) is 21.2. The third-order valence-electron chi connectivity index (χ3n) is 4.53. The average Bonchev–Trinajstić information content (AvgIpc) is 3.19. The first-order valence-electron chi connectivity index (χ1n) is 8.21. The zero-order chi connectivity index (χ0) is 17.2. The molecule has 130 valence electrons. The number of H-pyrrole nitrogens is 1. The molecule has 0 spiro atoms. The molecule has 0 saturated carbocycles. The molecule has 0 radical (unpaired) electrons. The Kier molecular flexibility index (Phi) is 4.56. The number of rotatable bonds is 5. The molecule has 4 N–H and O–H groups in total. The van der Waals surface area contributed by atoms with Gasteiger partial charge in [-0.15, -0.1) is 11.8 Å². The smallest absolute Gasteiger partial charge is 0.151 e. The summed E-state index contributed by atoms with van der Waals surface area (Å²) in [7, 11) is 0. The van der Waals surface area contributed by atoms with Crippen LogP contribution in [0.25, 0.3) is 11.0 Å². The van der Waals surface area contributed by atoms with Gasteiger partial charge >= 0.3 is 0 Å². The molecule has 0 aromatic carbocycles. The fourth-order valence-electron chi connectivity index (χ4n) is 3.23. The van der Waals surface area contributed by atoms with Gasteiger partial charge in [0, 0.05) is 49.3 Å². The molecule has 4 rings (SSSR count). The van der Waals surface area contributed by atoms with Crippen LogP contribution in [-0.4, -0.2) is 54.9 Å². The number of hydrogen-bond acceptors (Lipinski definition) is 7. The third-order valence-corrected chi connectivity index (χ3v) is 5.66. The number of anilines is 1. The third kappa shape index (κ3) is 3.46. The standard InChI is InChI=1S/C17H20N6OS/c18-17-16-15(21-10-22-17)11(5-20-16)6-23-7-12(13(24)8-23)9-25-14-3-1-2-4-19-14/h1-5,10,12-13,20,24H,6-9H2,(H2,18,21,22)/t12-,13-/m0/s1. The molecule has 3 aromatic rings. The Morgan fingerprint density at radius 1 is 1.28 bits per heavy atom. The van der Waals surface area contributed by atoms with Crippen LogP contribution in [0.3, 0.4) is 0 Å². The topological polar surface area (TPSA) is 104 Å². The number of aromatic nitrogens is 4. The summed E-state index contributed by atoms with van der Waals surface area (Å²) in [6.45, 7) is 2.26. The van der Waals surface area contributed by atoms with Crippen molar-refractivity contribution in [3.8, 4) is 0 Å². The van der Waals surface area contributed by atoms with Crippen molar-refractivity contribution in [3.05, 3.63) is 42.5 Å². The molecule has 7 nitrogen and oxygen atoms in total. The van der Waals surface area contributed by atoms with Gasteiger partial charge in [-0.2, -0.15) is 0 Å². The zero-order valence-corrected chi connectivity index (χ0v) is 14.5. The van der Waals surface area contributed by atoms with Gasteiger partial charge in [0.05, 0.1) is 16.6 Å². The lowest BCUT2D eigenvalue weighted by molar-refractivity contribution is 0.149. The van der Waals surface area contributed by atoms with E-state index in [4.69, 9.17) is 5.73 Å². The molecular weight excluding hydrogens is 336 g/mol. The van der Waals surface area contributed by atoms with Crippen molar-refractivity contribution in [2.24, 2.45) is 5.92 Å². The van der Waals surface area contributed by atoms with Gasteiger partial charge in [0.25, 0.3) is 0 Å². The minimum absolute atomic E-state index is 0.233. The number of nitrogen functional groups attached to an aromatic ring is 1. The summed E-state index contributed by atoms with van der Waals surface area (Å²) in [5, 5.41) is 11.4. The molecule has 1 aliphatic heterocycles. The van der Waals surface area contributed by atoms with E-state index in [0.29, 0.717) is 12.4 Å². The van der Waals surface area contributed by atoms with Crippen LogP contribution in [0.4, 0.5) is 5.82 Å². The first-order chi connectivity index (χ1) is 12.2. The lowest BCUT2D eigenvalue weighted by Gasteiger charge is -2.14. The molecular formula is C17H20N6OS. The van der Waals surface area contributed by atoms with E-state index in [1.54, 1.807) is 18.0 Å². The molecule has 3 aromatic heterocycles. The van der Waals surface area contributed by atoms with Gasteiger partial charge in [0.15, 0.2) is 5.82 Å². The first kappa shape index (κ1) is 16.3. The second kappa shape index (κ2) is 6.99. The molecule has 0 amide bonds. The van der Waals surface area contributed by atoms with E-state index in [2.05, 4.69) is 24.8 Å². The van der Waals surface area contributed by atoms with Crippen LogP contribution in [0.1, 0.15) is 5.56 Å². The highest BCUT2D eigenvalue weighted by Crippen LogP contribution is 2.27. The second-order valence-corrected chi connectivity index (χ2v) is 7.34. The molecule has 1 saturated heterocycles. The number of thioether (sulfide) groups is 1. The number of likely N-dealkylation sites (tertiary alicyclic amines) is 1. The molecule has 0 unspecified atom stereocenters. The number of nitrogens with two attached hydrogens (primary N) is 1. The van der Waals surface area contributed by atoms with Crippen LogP contribution in [0.5, 0.6) is 0 Å². The summed E-state index contributed by atoms with van der Waals surface area (Å²) in [6, 6.07) is 5.89. The van der Waals surface area contributed by atoms with Crippen molar-refractivity contribution in [2.75, 3.05) is 24.6 Å². The van der Waals surface area contributed by atoms with Gasteiger partial charge < -0.3 is 15.8 Å². The molecule has 0 bridgehead atoms. The Bertz CT molecular complexity index is 855. The van der Waals surface area contributed by atoms with E-state index >= 15 is 0 Å². The van der Waals surface area contributed by atoms with Crippen molar-refractivity contribution in [1.82, 2.24) is 24.8 Å². The maximum absolute atomic E-state index is 10.4. The fourth-order valence-corrected chi connectivity index (χ4v) is 4.26. The summed E-state index contributed by atoms with van der Waals surface area (Å²) >= 11 is 1.69. The van der Waals surface area contributed by atoms with Gasteiger partial charge in [-0.3, -0.25) is 4.90 Å². The number of β-amino-alcohol motifs (C(OH)–C–C–N with tert-alkyl or cyclic N) is 1. The van der Waals surface area contributed by atoms with Gasteiger partial charge in [0.1, 0.15) is 11.8 Å². The summed E-state index contributed by atoms with van der Waals surface area (Å²) in [5.41, 5.74) is 8.58. The van der Waals surface area contributed by atoms with Crippen molar-refractivity contribution < 1.29 is 5.11 Å². The summed E-state index contributed by atoms with van der Waals surface area (Å²) < 4.78 is 0. The number of pyridine rings is 1. The van der Waals surface area contributed by atoms with Crippen LogP contribution in [0.15, 0.2) is 41.9 Å². The molecule has 1 fully saturated rings. The van der Waals surface area contributed by atoms with Crippen molar-refractivity contribution in [1.29, 1.82) is 0 Å². The predicted molar refractivity (Wildman–Crippen MR) is 98.0 cm³/mol. The van der Waals surface area contributed by atoms with Gasteiger partial charge in [-0.25, -0.2) is 15.0 Å². The molecule has 8 heteroatoms. The van der Waals surface area contributed by atoms with Crippen LogP contribution in [0, 0.1) is 5.92 Å². The number of aliphatic hydroxyl groups excluding tert-OH is 1. The quantitative estimate of drug-likeness (QED) is 0.595. The van der Waals surface area contributed by atoms with Crippen LogP contribution in [0.2, 0.25) is 0 Å². The van der Waals surface area contributed by atoms with Gasteiger partial charge in [-0.1, -0.05) is 6.07 Å². The minimum atomic E-state index is -0.318. The number of nitrogens with zero attached hydrogens (tertiary/aromatic N) is 4. The van der Waals surface area contributed by atoms with Crippen LogP contribution >= 0.6 is 11.8 Å². The molecule has 4 heterocycles. The summed E-state index contributed by atoms with van der Waals surface area (Å²) in [6.07, 6.45) is 4.89. The van der Waals surface area contributed by atoms with E-state index in [-0.39, 0.29) is 12.0 Å². The van der Waals surface area contributed by atoms with Crippen molar-refractivity contribution in [3.63, 3.8) is 0 Å². The number of hydrogen-bond donors (Lipinski definition) is 3.